The van der Waals surface area contributed by atoms with Crippen LogP contribution in [0.4, 0.5) is 5.69 Å². The third-order valence-electron chi connectivity index (χ3n) is 5.50. The van der Waals surface area contributed by atoms with Crippen molar-refractivity contribution < 1.29 is 0 Å². The molecule has 0 saturated heterocycles. The third kappa shape index (κ3) is 2.89. The Morgan fingerprint density at radius 3 is 2.32 bits per heavy atom. The van der Waals surface area contributed by atoms with Crippen LogP contribution in [0.25, 0.3) is 5.57 Å². The van der Waals surface area contributed by atoms with Crippen LogP contribution < -0.4 is 0 Å². The van der Waals surface area contributed by atoms with Crippen LogP contribution in [0.1, 0.15) is 49.8 Å². The molecule has 0 aromatic heterocycles. The standard InChI is InChI=1S/C24H25N/c1-16-9-11-18(12-10-16)25-23-17(2)19-13-14-24(3,4)15-22(19)20-7-5-6-8-21(20)23/h5-12H,2,13-15H2,1,3-4H3. The number of rotatable bonds is 1. The predicted molar refractivity (Wildman–Crippen MR) is 108 cm³/mol. The normalized spacial score (nSPS) is 20.4. The third-order valence-corrected chi connectivity index (χ3v) is 5.50. The van der Waals surface area contributed by atoms with Crippen LogP contribution in [0.3, 0.4) is 0 Å². The van der Waals surface area contributed by atoms with Crippen molar-refractivity contribution in [3.63, 3.8) is 0 Å². The summed E-state index contributed by atoms with van der Waals surface area (Å²) >= 11 is 0. The van der Waals surface area contributed by atoms with Crippen LogP contribution in [0.5, 0.6) is 0 Å². The molecule has 0 aliphatic heterocycles. The predicted octanol–water partition coefficient (Wildman–Crippen LogP) is 6.65. The number of hydrogen-bond donors (Lipinski definition) is 0. The van der Waals surface area contributed by atoms with E-state index in [9.17, 15) is 0 Å². The Hall–Kier alpha value is -2.41. The zero-order valence-corrected chi connectivity index (χ0v) is 15.4. The van der Waals surface area contributed by atoms with E-state index in [1.165, 1.54) is 34.3 Å². The molecule has 126 valence electrons. The van der Waals surface area contributed by atoms with Crippen LogP contribution in [0.2, 0.25) is 0 Å². The molecule has 0 heterocycles. The van der Waals surface area contributed by atoms with E-state index in [4.69, 9.17) is 4.99 Å². The lowest BCUT2D eigenvalue weighted by atomic mass is 9.67. The summed E-state index contributed by atoms with van der Waals surface area (Å²) in [6, 6.07) is 17.1. The smallest absolute Gasteiger partial charge is 0.0784 e. The van der Waals surface area contributed by atoms with Crippen LogP contribution in [-0.4, -0.2) is 5.71 Å². The summed E-state index contributed by atoms with van der Waals surface area (Å²) < 4.78 is 0. The minimum Gasteiger partial charge on any atom is -0.248 e. The van der Waals surface area contributed by atoms with Crippen molar-refractivity contribution in [3.05, 3.63) is 82.9 Å². The van der Waals surface area contributed by atoms with E-state index >= 15 is 0 Å². The Morgan fingerprint density at radius 1 is 0.920 bits per heavy atom. The van der Waals surface area contributed by atoms with Crippen LogP contribution in [0, 0.1) is 12.3 Å². The summed E-state index contributed by atoms with van der Waals surface area (Å²) in [6.45, 7) is 11.3. The first-order valence-corrected chi connectivity index (χ1v) is 9.11. The molecule has 0 spiro atoms. The molecule has 0 radical (unpaired) electrons. The van der Waals surface area contributed by atoms with Crippen LogP contribution >= 0.6 is 0 Å². The fourth-order valence-electron chi connectivity index (χ4n) is 4.01. The van der Waals surface area contributed by atoms with Crippen molar-refractivity contribution in [1.82, 2.24) is 0 Å². The molecular formula is C24H25N. The van der Waals surface area contributed by atoms with E-state index in [2.05, 4.69) is 75.9 Å². The molecule has 0 bridgehead atoms. The molecule has 2 aromatic carbocycles. The van der Waals surface area contributed by atoms with E-state index in [1.54, 1.807) is 0 Å². The minimum atomic E-state index is 0.359. The molecule has 2 aliphatic rings. The van der Waals surface area contributed by atoms with Gasteiger partial charge in [-0.15, -0.1) is 0 Å². The lowest BCUT2D eigenvalue weighted by Crippen LogP contribution is -2.24. The number of fused-ring (bicyclic) bond motifs is 2. The van der Waals surface area contributed by atoms with E-state index in [1.807, 2.05) is 0 Å². The maximum Gasteiger partial charge on any atom is 0.0784 e. The first-order chi connectivity index (χ1) is 11.9. The fraction of sp³-hybridized carbons (Fsp3) is 0.292. The van der Waals surface area contributed by atoms with E-state index in [-0.39, 0.29) is 0 Å². The van der Waals surface area contributed by atoms with Gasteiger partial charge in [0.05, 0.1) is 11.4 Å². The Morgan fingerprint density at radius 2 is 1.60 bits per heavy atom. The van der Waals surface area contributed by atoms with Gasteiger partial charge in [0.25, 0.3) is 0 Å². The second kappa shape index (κ2) is 5.84. The van der Waals surface area contributed by atoms with Gasteiger partial charge in [0.2, 0.25) is 0 Å². The summed E-state index contributed by atoms with van der Waals surface area (Å²) in [4.78, 5) is 4.99. The molecule has 2 aromatic rings. The van der Waals surface area contributed by atoms with Crippen molar-refractivity contribution in [2.75, 3.05) is 0 Å². The number of nitrogens with zero attached hydrogens (tertiary/aromatic N) is 1. The Balaban J connectivity index is 1.88. The zero-order chi connectivity index (χ0) is 17.6. The zero-order valence-electron chi connectivity index (χ0n) is 15.4. The summed E-state index contributed by atoms with van der Waals surface area (Å²) in [5, 5.41) is 0. The summed E-state index contributed by atoms with van der Waals surface area (Å²) in [5.74, 6) is 0. The van der Waals surface area contributed by atoms with Crippen molar-refractivity contribution in [3.8, 4) is 0 Å². The van der Waals surface area contributed by atoms with Gasteiger partial charge in [0, 0.05) is 5.56 Å². The van der Waals surface area contributed by atoms with Crippen LogP contribution in [-0.2, 0) is 0 Å². The summed E-state index contributed by atoms with van der Waals surface area (Å²) in [6.07, 6.45) is 3.43. The average molecular weight is 327 g/mol. The maximum absolute atomic E-state index is 4.99. The maximum atomic E-state index is 4.99. The van der Waals surface area contributed by atoms with Gasteiger partial charge in [-0.05, 0) is 66.0 Å². The molecule has 1 nitrogen and oxygen atoms in total. The van der Waals surface area contributed by atoms with E-state index in [0.717, 1.165) is 29.8 Å². The van der Waals surface area contributed by atoms with Crippen molar-refractivity contribution >= 4 is 17.0 Å². The summed E-state index contributed by atoms with van der Waals surface area (Å²) in [5.41, 5.74) is 10.3. The SMILES string of the molecule is C=C1C(=Nc2ccc(C)cc2)c2ccccc2C2=C1CCC(C)(C)C2. The Bertz CT molecular complexity index is 907. The van der Waals surface area contributed by atoms with Crippen molar-refractivity contribution in [2.24, 2.45) is 10.4 Å². The van der Waals surface area contributed by atoms with Crippen molar-refractivity contribution in [2.45, 2.75) is 40.0 Å². The minimum absolute atomic E-state index is 0.359. The van der Waals surface area contributed by atoms with Crippen LogP contribution in [0.15, 0.2) is 71.2 Å². The molecule has 2 aliphatic carbocycles. The van der Waals surface area contributed by atoms with Gasteiger partial charge in [-0.25, -0.2) is 4.99 Å². The fourth-order valence-corrected chi connectivity index (χ4v) is 4.01. The number of allylic oxidation sites excluding steroid dienone is 3. The molecule has 25 heavy (non-hydrogen) atoms. The number of benzene rings is 2. The second-order valence-corrected chi connectivity index (χ2v) is 8.12. The highest BCUT2D eigenvalue weighted by atomic mass is 14.8. The van der Waals surface area contributed by atoms with Gasteiger partial charge in [-0.2, -0.15) is 0 Å². The highest BCUT2D eigenvalue weighted by Gasteiger charge is 2.34. The van der Waals surface area contributed by atoms with Crippen molar-refractivity contribution in [1.29, 1.82) is 0 Å². The lowest BCUT2D eigenvalue weighted by molar-refractivity contribution is 0.333. The highest BCUT2D eigenvalue weighted by molar-refractivity contribution is 6.21. The first kappa shape index (κ1) is 16.1. The second-order valence-electron chi connectivity index (χ2n) is 8.12. The molecule has 0 unspecified atom stereocenters. The van der Waals surface area contributed by atoms with Gasteiger partial charge in [-0.3, -0.25) is 0 Å². The topological polar surface area (TPSA) is 12.4 Å². The average Bonchev–Trinajstić information content (AvgIpc) is 2.59. The highest BCUT2D eigenvalue weighted by Crippen LogP contribution is 2.48. The first-order valence-electron chi connectivity index (χ1n) is 9.11. The molecule has 0 amide bonds. The van der Waals surface area contributed by atoms with Gasteiger partial charge in [0.15, 0.2) is 0 Å². The van der Waals surface area contributed by atoms with Gasteiger partial charge in [-0.1, -0.05) is 62.4 Å². The van der Waals surface area contributed by atoms with E-state index < -0.39 is 0 Å². The summed E-state index contributed by atoms with van der Waals surface area (Å²) in [7, 11) is 0. The molecular weight excluding hydrogens is 302 g/mol. The monoisotopic (exact) mass is 327 g/mol. The molecule has 0 fully saturated rings. The van der Waals surface area contributed by atoms with Gasteiger partial charge < -0.3 is 0 Å². The number of aryl methyl sites for hydroxylation is 1. The Labute approximate surface area is 150 Å². The molecule has 0 N–H and O–H groups in total. The Kier molecular flexibility index (Phi) is 3.76. The quantitative estimate of drug-likeness (QED) is 0.556. The molecule has 1 heteroatoms. The number of hydrogen-bond acceptors (Lipinski definition) is 1. The molecule has 4 rings (SSSR count). The number of aliphatic imine (C=N–C) groups is 1. The lowest BCUT2D eigenvalue weighted by Gasteiger charge is -2.37. The molecule has 0 atom stereocenters. The molecule has 0 saturated carbocycles. The van der Waals surface area contributed by atoms with E-state index in [0.29, 0.717) is 5.41 Å². The van der Waals surface area contributed by atoms with Gasteiger partial charge in [0.1, 0.15) is 0 Å². The van der Waals surface area contributed by atoms with Gasteiger partial charge >= 0.3 is 0 Å². The largest absolute Gasteiger partial charge is 0.248 e.